The number of hydrogen-bond acceptors (Lipinski definition) is 4. The molecule has 1 amide bonds. The summed E-state index contributed by atoms with van der Waals surface area (Å²) in [6.07, 6.45) is 0. The van der Waals surface area contributed by atoms with Crippen molar-refractivity contribution in [1.29, 1.82) is 0 Å². The lowest BCUT2D eigenvalue weighted by molar-refractivity contribution is 0.102. The van der Waals surface area contributed by atoms with Crippen LogP contribution in [0.3, 0.4) is 0 Å². The molecular formula is C16H18N2O3. The number of nitrogens with one attached hydrogen (secondary N) is 1. The van der Waals surface area contributed by atoms with Gasteiger partial charge in [-0.2, -0.15) is 0 Å². The number of methoxy groups -OCH3 is 2. The molecule has 0 aliphatic heterocycles. The third kappa shape index (κ3) is 3.08. The molecule has 2 aromatic carbocycles. The van der Waals surface area contributed by atoms with Crippen molar-refractivity contribution in [2.45, 2.75) is 6.92 Å². The number of hydrogen-bond donors (Lipinski definition) is 2. The number of benzene rings is 2. The first-order chi connectivity index (χ1) is 10.1. The van der Waals surface area contributed by atoms with Gasteiger partial charge in [0, 0.05) is 17.4 Å². The lowest BCUT2D eigenvalue weighted by atomic mass is 10.1. The SMILES string of the molecule is COc1cc(C)c(NC(=O)c2ccccc2N)cc1OC. The van der Waals surface area contributed by atoms with E-state index in [0.29, 0.717) is 28.4 Å². The number of carbonyl (C=O) groups is 1. The van der Waals surface area contributed by atoms with Gasteiger partial charge in [-0.05, 0) is 30.7 Å². The second kappa shape index (κ2) is 6.17. The second-order valence-electron chi connectivity index (χ2n) is 4.56. The van der Waals surface area contributed by atoms with Crippen molar-refractivity contribution in [3.8, 4) is 11.5 Å². The summed E-state index contributed by atoms with van der Waals surface area (Å²) in [6, 6.07) is 10.5. The van der Waals surface area contributed by atoms with Crippen molar-refractivity contribution in [1.82, 2.24) is 0 Å². The van der Waals surface area contributed by atoms with Crippen LogP contribution in [0.15, 0.2) is 36.4 Å². The van der Waals surface area contributed by atoms with E-state index >= 15 is 0 Å². The molecule has 21 heavy (non-hydrogen) atoms. The third-order valence-corrected chi connectivity index (χ3v) is 3.18. The molecule has 2 rings (SSSR count). The number of nitrogens with two attached hydrogens (primary N) is 1. The number of anilines is 2. The Morgan fingerprint density at radius 1 is 1.10 bits per heavy atom. The molecule has 0 aliphatic carbocycles. The van der Waals surface area contributed by atoms with Crippen molar-refractivity contribution in [3.63, 3.8) is 0 Å². The maximum atomic E-state index is 12.3. The van der Waals surface area contributed by atoms with Crippen LogP contribution in [-0.4, -0.2) is 20.1 Å². The normalized spacial score (nSPS) is 10.0. The van der Waals surface area contributed by atoms with Crippen LogP contribution in [0.2, 0.25) is 0 Å². The Kier molecular flexibility index (Phi) is 4.33. The molecule has 0 spiro atoms. The topological polar surface area (TPSA) is 73.6 Å². The molecular weight excluding hydrogens is 268 g/mol. The maximum absolute atomic E-state index is 12.3. The summed E-state index contributed by atoms with van der Waals surface area (Å²) >= 11 is 0. The van der Waals surface area contributed by atoms with Gasteiger partial charge >= 0.3 is 0 Å². The molecule has 0 bridgehead atoms. The van der Waals surface area contributed by atoms with Crippen molar-refractivity contribution in [3.05, 3.63) is 47.5 Å². The van der Waals surface area contributed by atoms with Gasteiger partial charge in [-0.1, -0.05) is 12.1 Å². The fourth-order valence-corrected chi connectivity index (χ4v) is 2.01. The minimum Gasteiger partial charge on any atom is -0.493 e. The van der Waals surface area contributed by atoms with Gasteiger partial charge in [0.05, 0.1) is 19.8 Å². The first kappa shape index (κ1) is 14.7. The van der Waals surface area contributed by atoms with E-state index < -0.39 is 0 Å². The number of para-hydroxylation sites is 1. The summed E-state index contributed by atoms with van der Waals surface area (Å²) in [5.74, 6) is 0.912. The highest BCUT2D eigenvalue weighted by molar-refractivity contribution is 6.08. The zero-order chi connectivity index (χ0) is 15.4. The number of nitrogen functional groups attached to an aromatic ring is 1. The van der Waals surface area contributed by atoms with Crippen molar-refractivity contribution < 1.29 is 14.3 Å². The Labute approximate surface area is 123 Å². The highest BCUT2D eigenvalue weighted by Gasteiger charge is 2.13. The molecule has 0 unspecified atom stereocenters. The highest BCUT2D eigenvalue weighted by Crippen LogP contribution is 2.33. The first-order valence-corrected chi connectivity index (χ1v) is 6.45. The van der Waals surface area contributed by atoms with Gasteiger partial charge in [-0.25, -0.2) is 0 Å². The van der Waals surface area contributed by atoms with Gasteiger partial charge in [-0.3, -0.25) is 4.79 Å². The van der Waals surface area contributed by atoms with Crippen LogP contribution in [-0.2, 0) is 0 Å². The smallest absolute Gasteiger partial charge is 0.257 e. The van der Waals surface area contributed by atoms with Crippen LogP contribution in [0.5, 0.6) is 11.5 Å². The Balaban J connectivity index is 2.31. The van der Waals surface area contributed by atoms with Crippen molar-refractivity contribution in [2.75, 3.05) is 25.3 Å². The van der Waals surface area contributed by atoms with E-state index in [9.17, 15) is 4.79 Å². The van der Waals surface area contributed by atoms with Crippen LogP contribution in [0.25, 0.3) is 0 Å². The number of aryl methyl sites for hydroxylation is 1. The largest absolute Gasteiger partial charge is 0.493 e. The second-order valence-corrected chi connectivity index (χ2v) is 4.56. The first-order valence-electron chi connectivity index (χ1n) is 6.45. The van der Waals surface area contributed by atoms with Gasteiger partial charge in [0.2, 0.25) is 0 Å². The van der Waals surface area contributed by atoms with E-state index in [1.165, 1.54) is 0 Å². The lowest BCUT2D eigenvalue weighted by Crippen LogP contribution is -2.14. The summed E-state index contributed by atoms with van der Waals surface area (Å²) in [7, 11) is 3.12. The average Bonchev–Trinajstić information content (AvgIpc) is 2.49. The minimum absolute atomic E-state index is 0.261. The number of amides is 1. The number of rotatable bonds is 4. The Hall–Kier alpha value is -2.69. The van der Waals surface area contributed by atoms with Gasteiger partial charge in [0.1, 0.15) is 0 Å². The Morgan fingerprint density at radius 3 is 2.33 bits per heavy atom. The summed E-state index contributed by atoms with van der Waals surface area (Å²) in [4.78, 5) is 12.3. The predicted molar refractivity (Wildman–Crippen MR) is 83.1 cm³/mol. The molecule has 5 heteroatoms. The molecule has 0 atom stereocenters. The maximum Gasteiger partial charge on any atom is 0.257 e. The van der Waals surface area contributed by atoms with Gasteiger partial charge < -0.3 is 20.5 Å². The zero-order valence-electron chi connectivity index (χ0n) is 12.3. The van der Waals surface area contributed by atoms with Crippen LogP contribution in [0.4, 0.5) is 11.4 Å². The molecule has 5 nitrogen and oxygen atoms in total. The summed E-state index contributed by atoms with van der Waals surface area (Å²) in [5, 5.41) is 2.84. The van der Waals surface area contributed by atoms with Crippen LogP contribution in [0, 0.1) is 6.92 Å². The quantitative estimate of drug-likeness (QED) is 0.848. The van der Waals surface area contributed by atoms with Crippen molar-refractivity contribution >= 4 is 17.3 Å². The van der Waals surface area contributed by atoms with Crippen LogP contribution in [0.1, 0.15) is 15.9 Å². The van der Waals surface area contributed by atoms with E-state index in [2.05, 4.69) is 5.32 Å². The molecule has 110 valence electrons. The summed E-state index contributed by atoms with van der Waals surface area (Å²) in [5.41, 5.74) is 8.21. The minimum atomic E-state index is -0.261. The molecule has 0 aromatic heterocycles. The highest BCUT2D eigenvalue weighted by atomic mass is 16.5. The molecule has 0 saturated heterocycles. The third-order valence-electron chi connectivity index (χ3n) is 3.18. The Bertz CT molecular complexity index is 669. The molecule has 0 aliphatic rings. The van der Waals surface area contributed by atoms with Crippen molar-refractivity contribution in [2.24, 2.45) is 0 Å². The van der Waals surface area contributed by atoms with Gasteiger partial charge in [0.15, 0.2) is 11.5 Å². The average molecular weight is 286 g/mol. The van der Waals surface area contributed by atoms with E-state index in [1.54, 1.807) is 44.6 Å². The summed E-state index contributed by atoms with van der Waals surface area (Å²) in [6.45, 7) is 1.88. The molecule has 0 heterocycles. The van der Waals surface area contributed by atoms with Crippen LogP contribution >= 0.6 is 0 Å². The van der Waals surface area contributed by atoms with E-state index in [4.69, 9.17) is 15.2 Å². The van der Waals surface area contributed by atoms with Gasteiger partial charge in [0.25, 0.3) is 5.91 Å². The number of ether oxygens (including phenoxy) is 2. The molecule has 0 radical (unpaired) electrons. The monoisotopic (exact) mass is 286 g/mol. The van der Waals surface area contributed by atoms with E-state index in [1.807, 2.05) is 13.0 Å². The fraction of sp³-hybridized carbons (Fsp3) is 0.188. The summed E-state index contributed by atoms with van der Waals surface area (Å²) < 4.78 is 10.5. The van der Waals surface area contributed by atoms with Crippen LogP contribution < -0.4 is 20.5 Å². The zero-order valence-corrected chi connectivity index (χ0v) is 12.3. The predicted octanol–water partition coefficient (Wildman–Crippen LogP) is 2.85. The molecule has 3 N–H and O–H groups in total. The van der Waals surface area contributed by atoms with E-state index in [-0.39, 0.29) is 5.91 Å². The standard InChI is InChI=1S/C16H18N2O3/c1-10-8-14(20-2)15(21-3)9-13(10)18-16(19)11-6-4-5-7-12(11)17/h4-9H,17H2,1-3H3,(H,18,19). The Morgan fingerprint density at radius 2 is 1.71 bits per heavy atom. The molecule has 0 fully saturated rings. The lowest BCUT2D eigenvalue weighted by Gasteiger charge is -2.14. The number of carbonyl (C=O) groups excluding carboxylic acids is 1. The van der Waals surface area contributed by atoms with Gasteiger partial charge in [-0.15, -0.1) is 0 Å². The van der Waals surface area contributed by atoms with E-state index in [0.717, 1.165) is 5.56 Å². The molecule has 2 aromatic rings. The fourth-order valence-electron chi connectivity index (χ4n) is 2.01. The molecule has 0 saturated carbocycles.